The van der Waals surface area contributed by atoms with Crippen molar-refractivity contribution < 1.29 is 0 Å². The molecule has 7 heavy (non-hydrogen) atoms. The Labute approximate surface area is 49.7 Å². The summed E-state index contributed by atoms with van der Waals surface area (Å²) >= 11 is 0. The molecule has 0 heterocycles. The summed E-state index contributed by atoms with van der Waals surface area (Å²) in [5.41, 5.74) is 5.35. The Bertz CT molecular complexity index is 23.6. The quantitative estimate of drug-likeness (QED) is 0.451. The van der Waals surface area contributed by atoms with Gasteiger partial charge in [-0.05, 0) is 31.0 Å². The van der Waals surface area contributed by atoms with Crippen molar-refractivity contribution in [1.29, 1.82) is 0 Å². The maximum Gasteiger partial charge on any atom is 0.00686 e. The lowest BCUT2D eigenvalue weighted by Crippen LogP contribution is -2.26. The highest BCUT2D eigenvalue weighted by Crippen LogP contribution is 1.88. The van der Waals surface area contributed by atoms with E-state index < -0.39 is 0 Å². The molecule has 1 nitrogen and oxygen atoms in total. The molecule has 0 aromatic carbocycles. The smallest absolute Gasteiger partial charge is 0.00686 e. The molecule has 0 atom stereocenters. The van der Waals surface area contributed by atoms with Crippen molar-refractivity contribution in [3.8, 4) is 0 Å². The van der Waals surface area contributed by atoms with Gasteiger partial charge in [0.1, 0.15) is 0 Å². The Morgan fingerprint density at radius 2 is 1.14 bits per heavy atom. The lowest BCUT2D eigenvalue weighted by Gasteiger charge is -2.06. The average Bonchev–Trinajstić information content (AvgIpc) is 1.36. The van der Waals surface area contributed by atoms with E-state index in [-0.39, 0.29) is 5.54 Å². The van der Waals surface area contributed by atoms with Crippen LogP contribution < -0.4 is 5.73 Å². The summed E-state index contributed by atoms with van der Waals surface area (Å²) in [5.74, 6) is 0. The fraction of sp³-hybridized carbons (Fsp3) is 1.00. The molecule has 0 bridgehead atoms. The summed E-state index contributed by atoms with van der Waals surface area (Å²) in [6, 6.07) is 0. The van der Waals surface area contributed by atoms with Crippen LogP contribution in [0.25, 0.3) is 0 Å². The molecule has 0 spiro atoms. The van der Waals surface area contributed by atoms with Gasteiger partial charge < -0.3 is 5.73 Å². The van der Waals surface area contributed by atoms with Crippen molar-refractivity contribution in [2.45, 2.75) is 32.9 Å². The van der Waals surface area contributed by atoms with Gasteiger partial charge in [0, 0.05) is 5.54 Å². The molecule has 46 valence electrons. The van der Waals surface area contributed by atoms with Crippen LogP contribution >= 0.6 is 0 Å². The van der Waals surface area contributed by atoms with Crippen LogP contribution in [0, 0.1) is 0 Å². The third kappa shape index (κ3) is 3440. The molecular weight excluding hydrogens is 102 g/mol. The predicted molar refractivity (Wildman–Crippen MR) is 39.7 cm³/mol. The minimum Gasteiger partial charge on any atom is -0.326 e. The zero-order valence-corrected chi connectivity index (χ0v) is 8.08. The van der Waals surface area contributed by atoms with E-state index in [0.29, 0.717) is 0 Å². The van der Waals surface area contributed by atoms with Gasteiger partial charge in [0.15, 0.2) is 0 Å². The molecule has 2 heteroatoms. The molecule has 2 N–H and O–H groups in total. The Kier molecular flexibility index (Phi) is 6.33. The molecule has 0 fully saturated rings. The van der Waals surface area contributed by atoms with Crippen molar-refractivity contribution in [3.05, 3.63) is 0 Å². The van der Waals surface area contributed by atoms with Gasteiger partial charge in [-0.3, -0.25) is 0 Å². The van der Waals surface area contributed by atoms with Gasteiger partial charge in [-0.15, -0.1) is 0 Å². The topological polar surface area (TPSA) is 26.0 Å². The number of hydrogen-bond donors (Lipinski definition) is 1. The summed E-state index contributed by atoms with van der Waals surface area (Å²) in [7, 11) is 1.31. The van der Waals surface area contributed by atoms with Crippen LogP contribution in [0.2, 0.25) is 6.55 Å². The molecule has 0 aromatic heterocycles. The standard InChI is InChI=1S/C4H11N.CH6Si/c1-4(2,3)5;1-2/h5H2,1-3H3;1-2H3. The first-order chi connectivity index (χ1) is 3.00. The lowest BCUT2D eigenvalue weighted by molar-refractivity contribution is 0.580. The predicted octanol–water partition coefficient (Wildman–Crippen LogP) is 0.144. The van der Waals surface area contributed by atoms with E-state index in [0.717, 1.165) is 0 Å². The Hall–Kier alpha value is 0.177. The molecule has 0 aromatic rings. The van der Waals surface area contributed by atoms with Crippen molar-refractivity contribution in [3.63, 3.8) is 0 Å². The highest BCUT2D eigenvalue weighted by atomic mass is 28.1. The minimum atomic E-state index is 0. The van der Waals surface area contributed by atoms with Gasteiger partial charge in [0.2, 0.25) is 0 Å². The van der Waals surface area contributed by atoms with Crippen LogP contribution in [0.3, 0.4) is 0 Å². The van der Waals surface area contributed by atoms with Gasteiger partial charge in [0.05, 0.1) is 0 Å². The first-order valence-corrected chi connectivity index (χ1v) is 4.79. The second kappa shape index (κ2) is 4.34. The molecule has 0 radical (unpaired) electrons. The molecule has 0 unspecified atom stereocenters. The van der Waals surface area contributed by atoms with Crippen LogP contribution in [0.1, 0.15) is 20.8 Å². The van der Waals surface area contributed by atoms with E-state index in [1.54, 1.807) is 0 Å². The highest BCUT2D eigenvalue weighted by molar-refractivity contribution is 6.05. The van der Waals surface area contributed by atoms with Crippen molar-refractivity contribution in [1.82, 2.24) is 0 Å². The Morgan fingerprint density at radius 1 is 1.14 bits per heavy atom. The minimum absolute atomic E-state index is 0. The molecule has 0 amide bonds. The summed E-state index contributed by atoms with van der Waals surface area (Å²) in [6.45, 7) is 8.03. The van der Waals surface area contributed by atoms with E-state index in [4.69, 9.17) is 5.73 Å². The van der Waals surface area contributed by atoms with Crippen molar-refractivity contribution in [2.75, 3.05) is 0 Å². The summed E-state index contributed by atoms with van der Waals surface area (Å²) < 4.78 is 0. The lowest BCUT2D eigenvalue weighted by atomic mass is 10.1. The third-order valence-corrected chi connectivity index (χ3v) is 0. The maximum atomic E-state index is 5.35. The molecule has 0 saturated heterocycles. The number of rotatable bonds is 0. The molecular formula is C5H17NSi. The molecule has 0 aliphatic carbocycles. The summed E-state index contributed by atoms with van der Waals surface area (Å²) in [4.78, 5) is 0. The van der Waals surface area contributed by atoms with E-state index in [9.17, 15) is 0 Å². The van der Waals surface area contributed by atoms with Gasteiger partial charge in [0.25, 0.3) is 0 Å². The van der Waals surface area contributed by atoms with Gasteiger partial charge >= 0.3 is 0 Å². The molecule has 0 saturated carbocycles. The monoisotopic (exact) mass is 119 g/mol. The maximum absolute atomic E-state index is 5.35. The van der Waals surface area contributed by atoms with Crippen LogP contribution in [0.5, 0.6) is 0 Å². The van der Waals surface area contributed by atoms with Crippen molar-refractivity contribution in [2.24, 2.45) is 5.73 Å². The van der Waals surface area contributed by atoms with Crippen LogP contribution in [0.15, 0.2) is 0 Å². The van der Waals surface area contributed by atoms with Crippen LogP contribution in [-0.2, 0) is 0 Å². The van der Waals surface area contributed by atoms with E-state index in [2.05, 4.69) is 6.55 Å². The van der Waals surface area contributed by atoms with Crippen LogP contribution in [0.4, 0.5) is 0 Å². The summed E-state index contributed by atoms with van der Waals surface area (Å²) in [6.07, 6.45) is 0. The Morgan fingerprint density at radius 3 is 1.14 bits per heavy atom. The molecule has 0 aliphatic rings. The second-order valence-corrected chi connectivity index (χ2v) is 2.37. The van der Waals surface area contributed by atoms with Gasteiger partial charge in [-0.25, -0.2) is 0 Å². The van der Waals surface area contributed by atoms with Crippen molar-refractivity contribution >= 4 is 10.2 Å². The largest absolute Gasteiger partial charge is 0.326 e. The highest BCUT2D eigenvalue weighted by Gasteiger charge is 1.95. The first-order valence-electron chi connectivity index (χ1n) is 2.79. The summed E-state index contributed by atoms with van der Waals surface area (Å²) in [5, 5.41) is 0. The average molecular weight is 119 g/mol. The number of nitrogens with two attached hydrogens (primary N) is 1. The molecule has 0 rings (SSSR count). The van der Waals surface area contributed by atoms with Gasteiger partial charge in [-0.2, -0.15) is 0 Å². The fourth-order valence-corrected chi connectivity index (χ4v) is 0. The molecule has 0 aliphatic heterocycles. The second-order valence-electron chi connectivity index (χ2n) is 2.37. The fourth-order valence-electron chi connectivity index (χ4n) is 0. The van der Waals surface area contributed by atoms with E-state index in [1.807, 2.05) is 20.8 Å². The van der Waals surface area contributed by atoms with E-state index in [1.165, 1.54) is 10.2 Å². The SMILES string of the molecule is CC(C)(C)N.C[SiH3]. The van der Waals surface area contributed by atoms with Gasteiger partial charge in [-0.1, -0.05) is 6.55 Å². The van der Waals surface area contributed by atoms with Crippen LogP contribution in [-0.4, -0.2) is 15.8 Å². The first kappa shape index (κ1) is 10.2. The normalized spacial score (nSPS) is 9.86. The number of hydrogen-bond acceptors (Lipinski definition) is 1. The third-order valence-electron chi connectivity index (χ3n) is 0. The van der Waals surface area contributed by atoms with E-state index >= 15 is 0 Å². The zero-order valence-electron chi connectivity index (χ0n) is 6.08. The zero-order chi connectivity index (χ0) is 6.50. The Balaban J connectivity index is 0.